The maximum Gasteiger partial charge on any atom is 0.233 e. The summed E-state index contributed by atoms with van der Waals surface area (Å²) in [5, 5.41) is 12.0. The van der Waals surface area contributed by atoms with E-state index in [4.69, 9.17) is 9.15 Å². The summed E-state index contributed by atoms with van der Waals surface area (Å²) < 4.78 is 35.1. The number of sulfone groups is 1. The molecule has 1 aliphatic rings. The molecule has 3 aromatic rings. The van der Waals surface area contributed by atoms with Gasteiger partial charge in [-0.3, -0.25) is 4.79 Å². The van der Waals surface area contributed by atoms with E-state index >= 15 is 0 Å². The first-order valence-corrected chi connectivity index (χ1v) is 13.4. The topological polar surface area (TPSA) is 115 Å². The molecular formula is C20H22N4O5S3. The van der Waals surface area contributed by atoms with Gasteiger partial charge in [0, 0.05) is 17.8 Å². The summed E-state index contributed by atoms with van der Waals surface area (Å²) in [6, 6.07) is 10.6. The highest BCUT2D eigenvalue weighted by Gasteiger charge is 2.35. The van der Waals surface area contributed by atoms with Crippen LogP contribution in [-0.2, 0) is 21.2 Å². The minimum atomic E-state index is -3.12. The van der Waals surface area contributed by atoms with Gasteiger partial charge in [-0.1, -0.05) is 29.2 Å². The molecular weight excluding hydrogens is 472 g/mol. The van der Waals surface area contributed by atoms with Gasteiger partial charge >= 0.3 is 0 Å². The Hall–Kier alpha value is -2.57. The number of anilines is 2. The first-order chi connectivity index (χ1) is 15.4. The molecule has 0 radical (unpaired) electrons. The number of nitrogens with one attached hydrogen (secondary N) is 1. The molecule has 2 aromatic heterocycles. The molecule has 0 aliphatic carbocycles. The molecule has 0 spiro atoms. The van der Waals surface area contributed by atoms with Crippen molar-refractivity contribution in [2.75, 3.05) is 29.7 Å². The average Bonchev–Trinajstić information content (AvgIpc) is 3.52. The Morgan fingerprint density at radius 1 is 1.34 bits per heavy atom. The molecule has 1 aromatic carbocycles. The normalized spacial score (nSPS) is 17.2. The number of furan rings is 1. The van der Waals surface area contributed by atoms with Crippen molar-refractivity contribution in [3.05, 3.63) is 48.4 Å². The van der Waals surface area contributed by atoms with Gasteiger partial charge in [0.1, 0.15) is 11.5 Å². The molecule has 32 heavy (non-hydrogen) atoms. The lowest BCUT2D eigenvalue weighted by Gasteiger charge is -2.27. The molecule has 1 atom stereocenters. The number of carbonyl (C=O) groups excluding carboxylic acids is 1. The standard InChI is InChI=1S/C20H22N4O5S3/c1-28-16-5-2-4-14(10-16)21-19-22-23-20(31-19)30-12-18(25)24(11-17-6-3-8-29-17)15-7-9-32(26,27)13-15/h2-6,8,10,15H,7,9,11-13H2,1H3,(H,21,22)/t15-/m1/s1. The van der Waals surface area contributed by atoms with Gasteiger partial charge in [-0.05, 0) is 30.7 Å². The summed E-state index contributed by atoms with van der Waals surface area (Å²) in [5.74, 6) is 1.40. The Labute approximate surface area is 194 Å². The highest BCUT2D eigenvalue weighted by molar-refractivity contribution is 8.01. The maximum atomic E-state index is 13.0. The Morgan fingerprint density at radius 2 is 2.22 bits per heavy atom. The van der Waals surface area contributed by atoms with E-state index < -0.39 is 9.84 Å². The lowest BCUT2D eigenvalue weighted by Crippen LogP contribution is -2.41. The molecule has 9 nitrogen and oxygen atoms in total. The Bertz CT molecular complexity index is 1160. The fourth-order valence-corrected chi connectivity index (χ4v) is 6.75. The Morgan fingerprint density at radius 3 is 2.94 bits per heavy atom. The van der Waals surface area contributed by atoms with Crippen LogP contribution in [0.4, 0.5) is 10.8 Å². The van der Waals surface area contributed by atoms with Gasteiger partial charge < -0.3 is 19.4 Å². The molecule has 0 bridgehead atoms. The highest BCUT2D eigenvalue weighted by atomic mass is 32.2. The zero-order valence-electron chi connectivity index (χ0n) is 17.3. The summed E-state index contributed by atoms with van der Waals surface area (Å²) in [6.45, 7) is 0.241. The van der Waals surface area contributed by atoms with Crippen molar-refractivity contribution in [1.29, 1.82) is 0 Å². The van der Waals surface area contributed by atoms with Crippen LogP contribution in [0.5, 0.6) is 5.75 Å². The van der Waals surface area contributed by atoms with E-state index in [-0.39, 0.29) is 35.8 Å². The third-order valence-corrected chi connectivity index (χ3v) is 8.63. The van der Waals surface area contributed by atoms with Gasteiger partial charge in [0.2, 0.25) is 11.0 Å². The van der Waals surface area contributed by atoms with E-state index in [0.29, 0.717) is 21.7 Å². The SMILES string of the molecule is COc1cccc(Nc2nnc(SCC(=O)N(Cc3ccco3)[C@@H]3CCS(=O)(=O)C3)s2)c1. The largest absolute Gasteiger partial charge is 0.497 e. The molecule has 12 heteroatoms. The van der Waals surface area contributed by atoms with Crippen LogP contribution in [0.1, 0.15) is 12.2 Å². The molecule has 0 unspecified atom stereocenters. The third kappa shape index (κ3) is 5.81. The highest BCUT2D eigenvalue weighted by Crippen LogP contribution is 2.30. The van der Waals surface area contributed by atoms with Gasteiger partial charge in [0.25, 0.3) is 0 Å². The predicted molar refractivity (Wildman–Crippen MR) is 123 cm³/mol. The van der Waals surface area contributed by atoms with E-state index in [9.17, 15) is 13.2 Å². The fraction of sp³-hybridized carbons (Fsp3) is 0.350. The third-order valence-electron chi connectivity index (χ3n) is 4.92. The van der Waals surface area contributed by atoms with E-state index in [1.54, 1.807) is 24.1 Å². The van der Waals surface area contributed by atoms with Crippen LogP contribution >= 0.6 is 23.1 Å². The zero-order valence-corrected chi connectivity index (χ0v) is 19.7. The number of nitrogens with zero attached hydrogens (tertiary/aromatic N) is 3. The molecule has 3 heterocycles. The van der Waals surface area contributed by atoms with Crippen molar-refractivity contribution in [2.45, 2.75) is 23.3 Å². The van der Waals surface area contributed by atoms with Crippen molar-refractivity contribution in [3.8, 4) is 5.75 Å². The number of amides is 1. The molecule has 1 saturated heterocycles. The minimum Gasteiger partial charge on any atom is -0.497 e. The zero-order chi connectivity index (χ0) is 22.6. The smallest absolute Gasteiger partial charge is 0.233 e. The van der Waals surface area contributed by atoms with E-state index in [2.05, 4.69) is 15.5 Å². The van der Waals surface area contributed by atoms with Gasteiger partial charge in [0.05, 0.1) is 37.2 Å². The second-order valence-electron chi connectivity index (χ2n) is 7.18. The summed E-state index contributed by atoms with van der Waals surface area (Å²) in [7, 11) is -1.52. The first kappa shape index (κ1) is 22.6. The second-order valence-corrected chi connectivity index (χ2v) is 11.6. The molecule has 0 saturated carbocycles. The van der Waals surface area contributed by atoms with Crippen LogP contribution < -0.4 is 10.1 Å². The lowest BCUT2D eigenvalue weighted by molar-refractivity contribution is -0.131. The molecule has 4 rings (SSSR count). The average molecular weight is 495 g/mol. The Kier molecular flexibility index (Phi) is 7.01. The number of aromatic nitrogens is 2. The number of hydrogen-bond donors (Lipinski definition) is 1. The van der Waals surface area contributed by atoms with Crippen LogP contribution in [0.25, 0.3) is 0 Å². The van der Waals surface area contributed by atoms with Gasteiger partial charge in [-0.2, -0.15) is 0 Å². The van der Waals surface area contributed by atoms with Gasteiger partial charge in [0.15, 0.2) is 14.2 Å². The van der Waals surface area contributed by atoms with Crippen LogP contribution in [0.2, 0.25) is 0 Å². The van der Waals surface area contributed by atoms with Gasteiger partial charge in [-0.15, -0.1) is 10.2 Å². The number of rotatable bonds is 9. The molecule has 1 fully saturated rings. The van der Waals surface area contributed by atoms with E-state index in [0.717, 1.165) is 11.4 Å². The monoisotopic (exact) mass is 494 g/mol. The molecule has 170 valence electrons. The van der Waals surface area contributed by atoms with Crippen molar-refractivity contribution >= 4 is 49.7 Å². The summed E-state index contributed by atoms with van der Waals surface area (Å²) in [4.78, 5) is 14.6. The molecule has 1 aliphatic heterocycles. The van der Waals surface area contributed by atoms with Crippen molar-refractivity contribution in [1.82, 2.24) is 15.1 Å². The summed E-state index contributed by atoms with van der Waals surface area (Å²) >= 11 is 2.61. The molecule has 1 N–H and O–H groups in total. The number of ether oxygens (including phenoxy) is 1. The van der Waals surface area contributed by atoms with Gasteiger partial charge in [-0.25, -0.2) is 8.42 Å². The first-order valence-electron chi connectivity index (χ1n) is 9.81. The van der Waals surface area contributed by atoms with Crippen LogP contribution in [0.3, 0.4) is 0 Å². The summed E-state index contributed by atoms with van der Waals surface area (Å²) in [5.41, 5.74) is 0.820. The minimum absolute atomic E-state index is 0.0163. The van der Waals surface area contributed by atoms with Crippen LogP contribution in [0.15, 0.2) is 51.4 Å². The number of thioether (sulfide) groups is 1. The van der Waals surface area contributed by atoms with Crippen LogP contribution in [0, 0.1) is 0 Å². The second kappa shape index (κ2) is 9.92. The lowest BCUT2D eigenvalue weighted by atomic mass is 10.2. The predicted octanol–water partition coefficient (Wildman–Crippen LogP) is 3.19. The quantitative estimate of drug-likeness (QED) is 0.448. The Balaban J connectivity index is 1.38. The maximum absolute atomic E-state index is 13.0. The van der Waals surface area contributed by atoms with E-state index in [1.165, 1.54) is 29.4 Å². The van der Waals surface area contributed by atoms with Crippen molar-refractivity contribution in [3.63, 3.8) is 0 Å². The fourth-order valence-electron chi connectivity index (χ4n) is 3.36. The number of carbonyl (C=O) groups is 1. The number of methoxy groups -OCH3 is 1. The molecule has 1 amide bonds. The van der Waals surface area contributed by atoms with E-state index in [1.807, 2.05) is 24.3 Å². The number of benzene rings is 1. The van der Waals surface area contributed by atoms with Crippen LogP contribution in [-0.4, -0.2) is 59.8 Å². The number of hydrogen-bond acceptors (Lipinski definition) is 10. The summed E-state index contributed by atoms with van der Waals surface area (Å²) in [6.07, 6.45) is 1.98. The van der Waals surface area contributed by atoms with Crippen molar-refractivity contribution < 1.29 is 22.4 Å². The van der Waals surface area contributed by atoms with Crippen molar-refractivity contribution in [2.24, 2.45) is 0 Å².